The summed E-state index contributed by atoms with van der Waals surface area (Å²) in [5.41, 5.74) is -0.312. The van der Waals surface area contributed by atoms with Crippen LogP contribution in [0.3, 0.4) is 0 Å². The minimum atomic E-state index is -0.312. The van der Waals surface area contributed by atoms with Gasteiger partial charge in [-0.1, -0.05) is 64.2 Å². The van der Waals surface area contributed by atoms with Gasteiger partial charge in [0.15, 0.2) is 0 Å². The van der Waals surface area contributed by atoms with Crippen LogP contribution in [0.4, 0.5) is 0 Å². The number of hydrogen-bond acceptors (Lipinski definition) is 1. The number of carbonyl (C=O) groups is 1. The predicted molar refractivity (Wildman–Crippen MR) is 64.5 cm³/mol. The van der Waals surface area contributed by atoms with Crippen LogP contribution in [-0.2, 0) is 4.79 Å². The van der Waals surface area contributed by atoms with Crippen molar-refractivity contribution in [1.82, 2.24) is 0 Å². The summed E-state index contributed by atoms with van der Waals surface area (Å²) in [5, 5.41) is 0. The lowest BCUT2D eigenvalue weighted by Gasteiger charge is -2.30. The van der Waals surface area contributed by atoms with E-state index >= 15 is 0 Å². The molecule has 0 saturated heterocycles. The van der Waals surface area contributed by atoms with Gasteiger partial charge in [-0.25, -0.2) is 0 Å². The first-order valence-electron chi connectivity index (χ1n) is 5.52. The Morgan fingerprint density at radius 2 is 1.53 bits per heavy atom. The Hall–Kier alpha value is -1.11. The molecule has 0 saturated carbocycles. The normalized spacial score (nSPS) is 17.1. The lowest BCUT2D eigenvalue weighted by molar-refractivity contribution is -0.131. The molecule has 0 aromatic heterocycles. The zero-order valence-electron chi connectivity index (χ0n) is 10.0. The molecular weight excluding hydrogens is 184 g/mol. The van der Waals surface area contributed by atoms with E-state index in [0.29, 0.717) is 5.78 Å². The molecule has 1 aliphatic carbocycles. The van der Waals surface area contributed by atoms with E-state index in [0.717, 1.165) is 0 Å². The van der Waals surface area contributed by atoms with Crippen LogP contribution in [0.1, 0.15) is 27.7 Å². The third kappa shape index (κ3) is 2.68. The Morgan fingerprint density at radius 1 is 1.07 bits per heavy atom. The molecule has 0 N–H and O–H groups in total. The van der Waals surface area contributed by atoms with Gasteiger partial charge in [0.1, 0.15) is 5.78 Å². The van der Waals surface area contributed by atoms with Crippen molar-refractivity contribution in [1.29, 1.82) is 0 Å². The van der Waals surface area contributed by atoms with E-state index < -0.39 is 0 Å². The van der Waals surface area contributed by atoms with E-state index in [1.807, 2.05) is 52.0 Å². The standard InChI is InChI=1S/C14H20O/c1-11(2)13(15)14(3,4)12-9-7-5-6-8-10-12/h5-12H,1-4H3. The Balaban J connectivity index is 2.90. The van der Waals surface area contributed by atoms with Gasteiger partial charge < -0.3 is 0 Å². The molecule has 0 atom stereocenters. The maximum absolute atomic E-state index is 12.1. The first-order chi connectivity index (χ1) is 6.96. The van der Waals surface area contributed by atoms with Crippen molar-refractivity contribution in [2.75, 3.05) is 0 Å². The first kappa shape index (κ1) is 12.0. The highest BCUT2D eigenvalue weighted by Gasteiger charge is 2.34. The topological polar surface area (TPSA) is 17.1 Å². The highest BCUT2D eigenvalue weighted by molar-refractivity contribution is 5.86. The summed E-state index contributed by atoms with van der Waals surface area (Å²) in [4.78, 5) is 12.1. The van der Waals surface area contributed by atoms with Gasteiger partial charge in [0.05, 0.1) is 0 Å². The van der Waals surface area contributed by atoms with Crippen molar-refractivity contribution in [2.45, 2.75) is 27.7 Å². The highest BCUT2D eigenvalue weighted by atomic mass is 16.1. The fourth-order valence-corrected chi connectivity index (χ4v) is 1.95. The Bertz CT molecular complexity index is 300. The van der Waals surface area contributed by atoms with Crippen LogP contribution in [0.2, 0.25) is 0 Å². The predicted octanol–water partition coefficient (Wildman–Crippen LogP) is 3.54. The van der Waals surface area contributed by atoms with Crippen LogP contribution in [0.25, 0.3) is 0 Å². The molecule has 0 aromatic carbocycles. The van der Waals surface area contributed by atoms with Gasteiger partial charge in [-0.2, -0.15) is 0 Å². The van der Waals surface area contributed by atoms with Crippen molar-refractivity contribution in [3.63, 3.8) is 0 Å². The third-order valence-corrected chi connectivity index (χ3v) is 2.96. The van der Waals surface area contributed by atoms with Gasteiger partial charge in [0.2, 0.25) is 0 Å². The molecular formula is C14H20O. The minimum Gasteiger partial charge on any atom is -0.299 e. The number of Topliss-reactive ketones (excluding diaryl/α,β-unsaturated/α-hetero) is 1. The fraction of sp³-hybridized carbons (Fsp3) is 0.500. The molecule has 0 aromatic rings. The smallest absolute Gasteiger partial charge is 0.141 e. The van der Waals surface area contributed by atoms with Gasteiger partial charge in [-0.3, -0.25) is 4.79 Å². The van der Waals surface area contributed by atoms with Crippen LogP contribution in [0.5, 0.6) is 0 Å². The van der Waals surface area contributed by atoms with Crippen LogP contribution in [0.15, 0.2) is 36.5 Å². The van der Waals surface area contributed by atoms with Crippen LogP contribution in [-0.4, -0.2) is 5.78 Å². The molecule has 1 aliphatic rings. The van der Waals surface area contributed by atoms with Crippen molar-refractivity contribution in [3.05, 3.63) is 36.5 Å². The van der Waals surface area contributed by atoms with Crippen LogP contribution >= 0.6 is 0 Å². The molecule has 0 bridgehead atoms. The molecule has 0 aliphatic heterocycles. The average Bonchev–Trinajstić information content (AvgIpc) is 2.44. The number of carbonyl (C=O) groups excluding carboxylic acids is 1. The molecule has 1 rings (SSSR count). The van der Waals surface area contributed by atoms with E-state index in [2.05, 4.69) is 12.2 Å². The zero-order valence-corrected chi connectivity index (χ0v) is 10.0. The van der Waals surface area contributed by atoms with E-state index in [9.17, 15) is 4.79 Å². The zero-order chi connectivity index (χ0) is 11.5. The summed E-state index contributed by atoms with van der Waals surface area (Å²) in [5.74, 6) is 0.615. The fourth-order valence-electron chi connectivity index (χ4n) is 1.95. The molecule has 15 heavy (non-hydrogen) atoms. The molecule has 1 heteroatoms. The summed E-state index contributed by atoms with van der Waals surface area (Å²) in [7, 11) is 0. The maximum atomic E-state index is 12.1. The van der Waals surface area contributed by atoms with Gasteiger partial charge in [0, 0.05) is 17.3 Å². The molecule has 82 valence electrons. The first-order valence-corrected chi connectivity index (χ1v) is 5.52. The monoisotopic (exact) mass is 204 g/mol. The van der Waals surface area contributed by atoms with E-state index in [-0.39, 0.29) is 17.3 Å². The van der Waals surface area contributed by atoms with Crippen molar-refractivity contribution >= 4 is 5.78 Å². The second-order valence-electron chi connectivity index (χ2n) is 4.92. The Labute approximate surface area is 92.6 Å². The van der Waals surface area contributed by atoms with Crippen molar-refractivity contribution in [3.8, 4) is 0 Å². The number of hydrogen-bond donors (Lipinski definition) is 0. The van der Waals surface area contributed by atoms with Crippen molar-refractivity contribution < 1.29 is 4.79 Å². The summed E-state index contributed by atoms with van der Waals surface area (Å²) in [6.07, 6.45) is 12.2. The van der Waals surface area contributed by atoms with Crippen molar-refractivity contribution in [2.24, 2.45) is 17.3 Å². The largest absolute Gasteiger partial charge is 0.299 e. The quantitative estimate of drug-likeness (QED) is 0.687. The molecule has 1 nitrogen and oxygen atoms in total. The molecule has 0 amide bonds. The van der Waals surface area contributed by atoms with E-state index in [4.69, 9.17) is 0 Å². The van der Waals surface area contributed by atoms with E-state index in [1.54, 1.807) is 0 Å². The Kier molecular flexibility index (Phi) is 3.67. The van der Waals surface area contributed by atoms with E-state index in [1.165, 1.54) is 0 Å². The third-order valence-electron chi connectivity index (χ3n) is 2.96. The molecule has 0 fully saturated rings. The Morgan fingerprint density at radius 3 is 1.93 bits per heavy atom. The van der Waals surface area contributed by atoms with Gasteiger partial charge >= 0.3 is 0 Å². The van der Waals surface area contributed by atoms with Gasteiger partial charge in [0.25, 0.3) is 0 Å². The molecule has 0 radical (unpaired) electrons. The highest BCUT2D eigenvalue weighted by Crippen LogP contribution is 2.33. The second kappa shape index (κ2) is 4.61. The second-order valence-corrected chi connectivity index (χ2v) is 4.92. The van der Waals surface area contributed by atoms with Gasteiger partial charge in [-0.15, -0.1) is 0 Å². The molecule has 0 spiro atoms. The van der Waals surface area contributed by atoms with Crippen LogP contribution < -0.4 is 0 Å². The lowest BCUT2D eigenvalue weighted by atomic mass is 9.72. The molecule has 0 unspecified atom stereocenters. The maximum Gasteiger partial charge on any atom is 0.141 e. The minimum absolute atomic E-state index is 0.0954. The summed E-state index contributed by atoms with van der Waals surface area (Å²) in [6, 6.07) is 0. The van der Waals surface area contributed by atoms with Crippen LogP contribution in [0, 0.1) is 17.3 Å². The summed E-state index contributed by atoms with van der Waals surface area (Å²) < 4.78 is 0. The SMILES string of the molecule is CC(C)C(=O)C(C)(C)C1C=CC=CC=C1. The molecule has 0 heterocycles. The lowest BCUT2D eigenvalue weighted by Crippen LogP contribution is -2.34. The average molecular weight is 204 g/mol. The van der Waals surface area contributed by atoms with Gasteiger partial charge in [-0.05, 0) is 0 Å². The number of allylic oxidation sites excluding steroid dienone is 6. The summed E-state index contributed by atoms with van der Waals surface area (Å²) >= 11 is 0. The number of rotatable bonds is 3. The summed E-state index contributed by atoms with van der Waals surface area (Å²) in [6.45, 7) is 7.99. The number of ketones is 1.